The summed E-state index contributed by atoms with van der Waals surface area (Å²) in [4.78, 5) is 8.68. The van der Waals surface area contributed by atoms with Gasteiger partial charge in [0.25, 0.3) is 0 Å². The Kier molecular flexibility index (Phi) is 4.01. The Morgan fingerprint density at radius 2 is 2.00 bits per heavy atom. The van der Waals surface area contributed by atoms with Gasteiger partial charge in [0.15, 0.2) is 5.82 Å². The second-order valence-electron chi connectivity index (χ2n) is 5.08. The average Bonchev–Trinajstić information content (AvgIpc) is 2.95. The number of aromatic nitrogens is 2. The van der Waals surface area contributed by atoms with Crippen LogP contribution in [0.15, 0.2) is 24.3 Å². The normalized spacial score (nSPS) is 13.0. The molecule has 2 aromatic rings. The van der Waals surface area contributed by atoms with Crippen LogP contribution in [0.2, 0.25) is 0 Å². The van der Waals surface area contributed by atoms with Gasteiger partial charge in [-0.1, -0.05) is 6.07 Å². The van der Waals surface area contributed by atoms with Crippen molar-refractivity contribution < 1.29 is 9.47 Å². The van der Waals surface area contributed by atoms with Gasteiger partial charge in [0.2, 0.25) is 5.88 Å². The zero-order valence-corrected chi connectivity index (χ0v) is 12.3. The van der Waals surface area contributed by atoms with Crippen LogP contribution in [0.3, 0.4) is 0 Å². The number of fused-ring (bicyclic) bond motifs is 1. The summed E-state index contributed by atoms with van der Waals surface area (Å²) in [5.41, 5.74) is 2.81. The highest BCUT2D eigenvalue weighted by molar-refractivity contribution is 5.42. The van der Waals surface area contributed by atoms with Gasteiger partial charge in [-0.05, 0) is 42.5 Å². The predicted molar refractivity (Wildman–Crippen MR) is 80.8 cm³/mol. The molecule has 1 aromatic carbocycles. The third kappa shape index (κ3) is 3.13. The molecular weight excluding hydrogens is 266 g/mol. The summed E-state index contributed by atoms with van der Waals surface area (Å²) < 4.78 is 11.0. The standard InChI is InChI=1S/C16H19N3O2/c1-17-14-9-16(19-15(18-14)10-20-2)21-13-7-6-11-4-3-5-12(11)8-13/h6-9H,3-5,10H2,1-2H3,(H,17,18,19). The van der Waals surface area contributed by atoms with E-state index >= 15 is 0 Å². The summed E-state index contributed by atoms with van der Waals surface area (Å²) in [6, 6.07) is 8.04. The number of anilines is 1. The lowest BCUT2D eigenvalue weighted by Gasteiger charge is -2.10. The van der Waals surface area contributed by atoms with E-state index in [1.165, 1.54) is 24.0 Å². The number of nitrogens with zero attached hydrogens (tertiary/aromatic N) is 2. The lowest BCUT2D eigenvalue weighted by molar-refractivity contribution is 0.177. The minimum absolute atomic E-state index is 0.357. The largest absolute Gasteiger partial charge is 0.439 e. The molecule has 0 amide bonds. The van der Waals surface area contributed by atoms with Gasteiger partial charge in [-0.3, -0.25) is 0 Å². The second kappa shape index (κ2) is 6.10. The smallest absolute Gasteiger partial charge is 0.224 e. The molecule has 0 radical (unpaired) electrons. The Hall–Kier alpha value is -2.14. The summed E-state index contributed by atoms with van der Waals surface area (Å²) in [7, 11) is 3.44. The van der Waals surface area contributed by atoms with E-state index in [1.54, 1.807) is 13.2 Å². The first-order valence-electron chi connectivity index (χ1n) is 7.13. The highest BCUT2D eigenvalue weighted by Crippen LogP contribution is 2.28. The lowest BCUT2D eigenvalue weighted by Crippen LogP contribution is -2.03. The van der Waals surface area contributed by atoms with Gasteiger partial charge < -0.3 is 14.8 Å². The van der Waals surface area contributed by atoms with Crippen molar-refractivity contribution in [2.24, 2.45) is 0 Å². The Morgan fingerprint density at radius 1 is 1.14 bits per heavy atom. The van der Waals surface area contributed by atoms with Crippen molar-refractivity contribution in [1.82, 2.24) is 9.97 Å². The van der Waals surface area contributed by atoms with Crippen LogP contribution in [0, 0.1) is 0 Å². The maximum Gasteiger partial charge on any atom is 0.224 e. The van der Waals surface area contributed by atoms with Crippen LogP contribution in [0.5, 0.6) is 11.6 Å². The zero-order chi connectivity index (χ0) is 14.7. The molecule has 0 atom stereocenters. The average molecular weight is 285 g/mol. The monoisotopic (exact) mass is 285 g/mol. The van der Waals surface area contributed by atoms with E-state index in [4.69, 9.17) is 9.47 Å². The Balaban J connectivity index is 1.85. The molecule has 0 aliphatic heterocycles. The molecule has 1 heterocycles. The summed E-state index contributed by atoms with van der Waals surface area (Å²) in [5.74, 6) is 2.66. The van der Waals surface area contributed by atoms with E-state index in [0.29, 0.717) is 24.1 Å². The lowest BCUT2D eigenvalue weighted by atomic mass is 10.1. The van der Waals surface area contributed by atoms with Crippen LogP contribution in [0.25, 0.3) is 0 Å². The minimum Gasteiger partial charge on any atom is -0.439 e. The zero-order valence-electron chi connectivity index (χ0n) is 12.3. The summed E-state index contributed by atoms with van der Waals surface area (Å²) in [6.07, 6.45) is 3.53. The molecule has 5 nitrogen and oxygen atoms in total. The fraction of sp³-hybridized carbons (Fsp3) is 0.375. The second-order valence-corrected chi connectivity index (χ2v) is 5.08. The van der Waals surface area contributed by atoms with Gasteiger partial charge in [0, 0.05) is 20.2 Å². The van der Waals surface area contributed by atoms with Gasteiger partial charge in [-0.15, -0.1) is 0 Å². The SMILES string of the molecule is CNc1cc(Oc2ccc3c(c2)CCC3)nc(COC)n1. The molecule has 0 unspecified atom stereocenters. The van der Waals surface area contributed by atoms with E-state index in [2.05, 4.69) is 27.4 Å². The maximum atomic E-state index is 5.89. The van der Waals surface area contributed by atoms with Gasteiger partial charge in [0.1, 0.15) is 18.2 Å². The molecule has 3 rings (SSSR count). The minimum atomic E-state index is 0.357. The molecule has 1 N–H and O–H groups in total. The van der Waals surface area contributed by atoms with E-state index in [0.717, 1.165) is 12.2 Å². The van der Waals surface area contributed by atoms with Crippen LogP contribution < -0.4 is 10.1 Å². The van der Waals surface area contributed by atoms with Gasteiger partial charge in [-0.25, -0.2) is 4.98 Å². The van der Waals surface area contributed by atoms with Gasteiger partial charge in [0.05, 0.1) is 0 Å². The number of rotatable bonds is 5. The van der Waals surface area contributed by atoms with Crippen molar-refractivity contribution in [3.8, 4) is 11.6 Å². The van der Waals surface area contributed by atoms with Crippen molar-refractivity contribution in [3.05, 3.63) is 41.2 Å². The number of benzene rings is 1. The van der Waals surface area contributed by atoms with Gasteiger partial charge >= 0.3 is 0 Å². The van der Waals surface area contributed by atoms with Crippen molar-refractivity contribution in [3.63, 3.8) is 0 Å². The molecule has 5 heteroatoms. The van der Waals surface area contributed by atoms with E-state index in [9.17, 15) is 0 Å². The predicted octanol–water partition coefficient (Wildman–Crippen LogP) is 2.95. The van der Waals surface area contributed by atoms with Crippen molar-refractivity contribution in [2.75, 3.05) is 19.5 Å². The molecule has 0 fully saturated rings. The molecule has 1 aliphatic carbocycles. The van der Waals surface area contributed by atoms with Crippen molar-refractivity contribution in [1.29, 1.82) is 0 Å². The van der Waals surface area contributed by atoms with E-state index in [-0.39, 0.29) is 0 Å². The number of aryl methyl sites for hydroxylation is 2. The quantitative estimate of drug-likeness (QED) is 0.915. The number of ether oxygens (including phenoxy) is 2. The van der Waals surface area contributed by atoms with Crippen molar-refractivity contribution in [2.45, 2.75) is 25.9 Å². The third-order valence-electron chi connectivity index (χ3n) is 3.57. The molecular formula is C16H19N3O2. The number of hydrogen-bond acceptors (Lipinski definition) is 5. The number of nitrogens with one attached hydrogen (secondary N) is 1. The molecule has 0 saturated heterocycles. The van der Waals surface area contributed by atoms with Gasteiger partial charge in [-0.2, -0.15) is 4.98 Å². The number of methoxy groups -OCH3 is 1. The highest BCUT2D eigenvalue weighted by atomic mass is 16.5. The van der Waals surface area contributed by atoms with Crippen LogP contribution in [-0.4, -0.2) is 24.1 Å². The van der Waals surface area contributed by atoms with Crippen LogP contribution in [0.4, 0.5) is 5.82 Å². The molecule has 110 valence electrons. The topological polar surface area (TPSA) is 56.3 Å². The number of hydrogen-bond donors (Lipinski definition) is 1. The van der Waals surface area contributed by atoms with Crippen LogP contribution in [0.1, 0.15) is 23.4 Å². The summed E-state index contributed by atoms with van der Waals surface area (Å²) >= 11 is 0. The van der Waals surface area contributed by atoms with E-state index < -0.39 is 0 Å². The fourth-order valence-corrected chi connectivity index (χ4v) is 2.58. The molecule has 0 saturated carbocycles. The first-order valence-corrected chi connectivity index (χ1v) is 7.13. The summed E-state index contributed by atoms with van der Waals surface area (Å²) in [5, 5.41) is 3.01. The highest BCUT2D eigenvalue weighted by Gasteiger charge is 2.12. The third-order valence-corrected chi connectivity index (χ3v) is 3.57. The molecule has 21 heavy (non-hydrogen) atoms. The first kappa shape index (κ1) is 13.8. The molecule has 0 spiro atoms. The van der Waals surface area contributed by atoms with Crippen LogP contribution in [-0.2, 0) is 24.2 Å². The Morgan fingerprint density at radius 3 is 2.81 bits per heavy atom. The Bertz CT molecular complexity index is 643. The Labute approximate surface area is 124 Å². The fourth-order valence-electron chi connectivity index (χ4n) is 2.58. The van der Waals surface area contributed by atoms with Crippen molar-refractivity contribution >= 4 is 5.82 Å². The summed E-state index contributed by atoms with van der Waals surface area (Å²) in [6.45, 7) is 0.357. The molecule has 1 aromatic heterocycles. The first-order chi connectivity index (χ1) is 10.3. The maximum absolute atomic E-state index is 5.89. The molecule has 0 bridgehead atoms. The van der Waals surface area contributed by atoms with E-state index in [1.807, 2.05) is 13.1 Å². The van der Waals surface area contributed by atoms with Crippen LogP contribution >= 0.6 is 0 Å². The molecule has 1 aliphatic rings.